The van der Waals surface area contributed by atoms with Crippen molar-refractivity contribution in [3.8, 4) is 22.9 Å². The Balaban J connectivity index is 1.51. The van der Waals surface area contributed by atoms with E-state index in [2.05, 4.69) is 15.8 Å². The number of aromatic nitrogens is 2. The van der Waals surface area contributed by atoms with E-state index in [4.69, 9.17) is 8.85 Å². The Bertz CT molecular complexity index is 1640. The van der Waals surface area contributed by atoms with Crippen LogP contribution in [0.5, 0.6) is 5.75 Å². The summed E-state index contributed by atoms with van der Waals surface area (Å²) in [6, 6.07) is 9.16. The number of nitrogens with zero attached hydrogens (tertiary/aromatic N) is 2. The SMILES string of the molecule is [2H]C([2H])([2H])n1cc(-c2cc(NS(C)(=O)=O)ccc2OC23CC4CC(C2)C(C#N)C(C4)C3)c2cc[nH]c2c1=O. The third-order valence-electron chi connectivity index (χ3n) is 7.99. The molecule has 2 aromatic heterocycles. The number of H-pyrrole nitrogens is 1. The van der Waals surface area contributed by atoms with E-state index in [9.17, 15) is 18.5 Å². The van der Waals surface area contributed by atoms with Crippen molar-refractivity contribution in [1.29, 1.82) is 5.26 Å². The Labute approximate surface area is 208 Å². The Morgan fingerprint density at radius 1 is 1.23 bits per heavy atom. The number of sulfonamides is 1. The number of aromatic amines is 1. The van der Waals surface area contributed by atoms with Crippen molar-refractivity contribution < 1.29 is 17.3 Å². The normalized spacial score (nSPS) is 30.9. The number of fused-ring (bicyclic) bond motifs is 1. The van der Waals surface area contributed by atoms with E-state index in [1.165, 1.54) is 6.20 Å². The Morgan fingerprint density at radius 2 is 2.00 bits per heavy atom. The first-order chi connectivity index (χ1) is 17.9. The zero-order valence-corrected chi connectivity index (χ0v) is 20.1. The molecule has 0 aliphatic heterocycles. The van der Waals surface area contributed by atoms with E-state index in [-0.39, 0.29) is 23.3 Å². The van der Waals surface area contributed by atoms with E-state index in [1.54, 1.807) is 30.5 Å². The number of benzene rings is 1. The van der Waals surface area contributed by atoms with Gasteiger partial charge in [-0.2, -0.15) is 5.26 Å². The Hall–Kier alpha value is -3.25. The monoisotopic (exact) mass is 495 g/mol. The fourth-order valence-electron chi connectivity index (χ4n) is 6.99. The van der Waals surface area contributed by atoms with Gasteiger partial charge >= 0.3 is 0 Å². The molecule has 4 bridgehead atoms. The first-order valence-electron chi connectivity index (χ1n) is 13.3. The van der Waals surface area contributed by atoms with Crippen molar-refractivity contribution in [3.05, 3.63) is 47.0 Å². The molecule has 1 aromatic carbocycles. The van der Waals surface area contributed by atoms with Crippen LogP contribution in [0.3, 0.4) is 0 Å². The molecule has 182 valence electrons. The van der Waals surface area contributed by atoms with Crippen LogP contribution in [0.4, 0.5) is 5.69 Å². The van der Waals surface area contributed by atoms with Gasteiger partial charge in [0.05, 0.1) is 18.2 Å². The Kier molecular flexibility index (Phi) is 4.14. The summed E-state index contributed by atoms with van der Waals surface area (Å²) in [6.07, 6.45) is 8.43. The number of hydrogen-bond donors (Lipinski definition) is 2. The summed E-state index contributed by atoms with van der Waals surface area (Å²) in [5.41, 5.74) is 0.223. The molecule has 2 unspecified atom stereocenters. The predicted molar refractivity (Wildman–Crippen MR) is 133 cm³/mol. The number of anilines is 1. The van der Waals surface area contributed by atoms with Crippen LogP contribution in [-0.2, 0) is 17.0 Å². The summed E-state index contributed by atoms with van der Waals surface area (Å²) >= 11 is 0. The van der Waals surface area contributed by atoms with Crippen LogP contribution < -0.4 is 15.0 Å². The van der Waals surface area contributed by atoms with Crippen LogP contribution in [0.2, 0.25) is 0 Å². The lowest BCUT2D eigenvalue weighted by Crippen LogP contribution is -2.57. The number of pyridine rings is 1. The highest BCUT2D eigenvalue weighted by Gasteiger charge is 2.57. The molecule has 2 heterocycles. The van der Waals surface area contributed by atoms with E-state index >= 15 is 0 Å². The number of nitriles is 1. The summed E-state index contributed by atoms with van der Waals surface area (Å²) in [4.78, 5) is 15.8. The molecular weight excluding hydrogens is 464 g/mol. The van der Waals surface area contributed by atoms with Crippen molar-refractivity contribution >= 4 is 26.6 Å². The highest BCUT2D eigenvalue weighted by molar-refractivity contribution is 7.92. The quantitative estimate of drug-likeness (QED) is 0.555. The maximum absolute atomic E-state index is 12.9. The summed E-state index contributed by atoms with van der Waals surface area (Å²) in [7, 11) is -3.58. The minimum Gasteiger partial charge on any atom is -0.487 e. The van der Waals surface area contributed by atoms with Gasteiger partial charge in [0.25, 0.3) is 5.56 Å². The second-order valence-electron chi connectivity index (χ2n) is 10.5. The molecule has 4 fully saturated rings. The van der Waals surface area contributed by atoms with Crippen LogP contribution in [0, 0.1) is 35.0 Å². The standard InChI is InChI=1S/C26H28N4O4S/c1-30-14-22(19-5-6-28-24(19)25(30)31)20-9-18(29-35(2,32)33)3-4-23(20)34-26-10-15-7-16(11-26)21(13-27)17(8-15)12-26/h3-6,9,14-17,21,28-29H,7-8,10-12H2,1-2H3/i1D3. The highest BCUT2D eigenvalue weighted by Crippen LogP contribution is 2.59. The van der Waals surface area contributed by atoms with Crippen LogP contribution in [-0.4, -0.2) is 29.8 Å². The number of aryl methyl sites for hydroxylation is 1. The van der Waals surface area contributed by atoms with Gasteiger partial charge in [-0.25, -0.2) is 8.42 Å². The molecule has 8 nitrogen and oxygen atoms in total. The van der Waals surface area contributed by atoms with Gasteiger partial charge in [0.2, 0.25) is 10.0 Å². The van der Waals surface area contributed by atoms with E-state index in [0.29, 0.717) is 38.4 Å². The summed E-state index contributed by atoms with van der Waals surface area (Å²) in [6.45, 7) is -2.72. The number of ether oxygens (including phenoxy) is 1. The van der Waals surface area contributed by atoms with Gasteiger partial charge in [0.15, 0.2) is 0 Å². The zero-order valence-electron chi connectivity index (χ0n) is 22.2. The minimum absolute atomic E-state index is 0.0476. The lowest BCUT2D eigenvalue weighted by Gasteiger charge is -2.58. The molecule has 4 saturated carbocycles. The molecule has 0 saturated heterocycles. The molecule has 35 heavy (non-hydrogen) atoms. The first-order valence-corrected chi connectivity index (χ1v) is 13.7. The van der Waals surface area contributed by atoms with Crippen molar-refractivity contribution in [1.82, 2.24) is 9.55 Å². The second kappa shape index (κ2) is 7.62. The molecule has 0 amide bonds. The van der Waals surface area contributed by atoms with Gasteiger partial charge in [-0.3, -0.25) is 9.52 Å². The molecule has 9 heteroatoms. The molecule has 4 aliphatic carbocycles. The van der Waals surface area contributed by atoms with Crippen molar-refractivity contribution in [2.45, 2.75) is 37.7 Å². The maximum Gasteiger partial charge on any atom is 0.274 e. The zero-order chi connectivity index (χ0) is 27.0. The average Bonchev–Trinajstić information content (AvgIpc) is 3.29. The Morgan fingerprint density at radius 3 is 2.69 bits per heavy atom. The maximum atomic E-state index is 12.9. The summed E-state index contributed by atoms with van der Waals surface area (Å²) < 4.78 is 57.8. The molecule has 0 spiro atoms. The first kappa shape index (κ1) is 19.0. The van der Waals surface area contributed by atoms with Gasteiger partial charge in [-0.15, -0.1) is 0 Å². The van der Waals surface area contributed by atoms with Gasteiger partial charge < -0.3 is 14.3 Å². The largest absolute Gasteiger partial charge is 0.487 e. The van der Waals surface area contributed by atoms with Crippen molar-refractivity contribution in [2.75, 3.05) is 11.0 Å². The molecule has 2 N–H and O–H groups in total. The molecule has 7 rings (SSSR count). The van der Waals surface area contributed by atoms with Crippen LogP contribution in [0.25, 0.3) is 22.0 Å². The fraction of sp³-hybridized carbons (Fsp3) is 0.462. The lowest BCUT2D eigenvalue weighted by molar-refractivity contribution is -0.124. The van der Waals surface area contributed by atoms with Crippen LogP contribution in [0.15, 0.2) is 41.5 Å². The second-order valence-corrected chi connectivity index (χ2v) is 12.2. The summed E-state index contributed by atoms with van der Waals surface area (Å²) in [5.74, 6) is 1.61. The number of hydrogen-bond acceptors (Lipinski definition) is 5. The molecule has 3 aromatic rings. The number of nitrogens with one attached hydrogen (secondary N) is 2. The van der Waals surface area contributed by atoms with E-state index in [1.807, 2.05) is 0 Å². The fourth-order valence-corrected chi connectivity index (χ4v) is 7.54. The number of rotatable bonds is 5. The van der Waals surface area contributed by atoms with E-state index < -0.39 is 28.2 Å². The van der Waals surface area contributed by atoms with Crippen molar-refractivity contribution in [2.24, 2.45) is 30.6 Å². The van der Waals surface area contributed by atoms with Crippen molar-refractivity contribution in [3.63, 3.8) is 0 Å². The minimum atomic E-state index is -3.58. The predicted octanol–water partition coefficient (Wildman–Crippen LogP) is 4.00. The highest BCUT2D eigenvalue weighted by atomic mass is 32.2. The van der Waals surface area contributed by atoms with Gasteiger partial charge in [-0.05, 0) is 74.1 Å². The molecular formula is C26H28N4O4S. The average molecular weight is 496 g/mol. The van der Waals surface area contributed by atoms with Crippen LogP contribution in [0.1, 0.15) is 36.2 Å². The van der Waals surface area contributed by atoms with Gasteiger partial charge in [0, 0.05) is 45.7 Å². The molecule has 4 aliphatic rings. The lowest BCUT2D eigenvalue weighted by atomic mass is 9.50. The molecule has 2 atom stereocenters. The molecule has 0 radical (unpaired) electrons. The van der Waals surface area contributed by atoms with E-state index in [0.717, 1.165) is 38.4 Å². The van der Waals surface area contributed by atoms with Gasteiger partial charge in [-0.1, -0.05) is 0 Å². The summed E-state index contributed by atoms with van der Waals surface area (Å²) in [5, 5.41) is 10.3. The smallest absolute Gasteiger partial charge is 0.274 e. The third kappa shape index (κ3) is 3.71. The topological polar surface area (TPSA) is 117 Å². The third-order valence-corrected chi connectivity index (χ3v) is 8.60. The van der Waals surface area contributed by atoms with Gasteiger partial charge in [0.1, 0.15) is 16.9 Å². The van der Waals surface area contributed by atoms with Crippen LogP contribution >= 0.6 is 0 Å².